The van der Waals surface area contributed by atoms with Crippen molar-refractivity contribution in [3.8, 4) is 5.75 Å². The largest absolute Gasteiger partial charge is 0.497 e. The van der Waals surface area contributed by atoms with Crippen LogP contribution in [0.3, 0.4) is 0 Å². The standard InChI is InChI=1S/C16H17BrN2OS/c1-20-14-5-3-13(4-6-14)9-18-7-2-8-19(12-18)16-11-21-10-15(16)17/h2-6,8,10-11H,7,9,12H2,1H3. The van der Waals surface area contributed by atoms with Gasteiger partial charge >= 0.3 is 0 Å². The Labute approximate surface area is 137 Å². The number of anilines is 1. The summed E-state index contributed by atoms with van der Waals surface area (Å²) in [5.41, 5.74) is 2.53. The minimum atomic E-state index is 0.901. The first-order valence-corrected chi connectivity index (χ1v) is 8.50. The minimum absolute atomic E-state index is 0.901. The summed E-state index contributed by atoms with van der Waals surface area (Å²) in [6.45, 7) is 2.81. The lowest BCUT2D eigenvalue weighted by atomic mass is 10.2. The van der Waals surface area contributed by atoms with Crippen LogP contribution in [0, 0.1) is 0 Å². The highest BCUT2D eigenvalue weighted by Crippen LogP contribution is 2.31. The van der Waals surface area contributed by atoms with E-state index in [1.807, 2.05) is 12.1 Å². The van der Waals surface area contributed by atoms with Crippen LogP contribution in [0.2, 0.25) is 0 Å². The second-order valence-electron chi connectivity index (χ2n) is 4.96. The fourth-order valence-electron chi connectivity index (χ4n) is 2.38. The Morgan fingerprint density at radius 3 is 2.71 bits per heavy atom. The van der Waals surface area contributed by atoms with Gasteiger partial charge in [-0.25, -0.2) is 0 Å². The molecule has 0 saturated carbocycles. The van der Waals surface area contributed by atoms with Crippen LogP contribution in [-0.2, 0) is 6.54 Å². The van der Waals surface area contributed by atoms with Gasteiger partial charge in [0.25, 0.3) is 0 Å². The van der Waals surface area contributed by atoms with E-state index in [1.165, 1.54) is 11.3 Å². The van der Waals surface area contributed by atoms with Crippen molar-refractivity contribution >= 4 is 33.0 Å². The van der Waals surface area contributed by atoms with Gasteiger partial charge in [-0.3, -0.25) is 4.90 Å². The van der Waals surface area contributed by atoms with E-state index in [0.717, 1.165) is 30.0 Å². The average Bonchev–Trinajstić information content (AvgIpc) is 2.94. The van der Waals surface area contributed by atoms with E-state index in [2.05, 4.69) is 60.9 Å². The molecule has 0 saturated heterocycles. The van der Waals surface area contributed by atoms with Gasteiger partial charge in [-0.2, -0.15) is 0 Å². The van der Waals surface area contributed by atoms with Crippen LogP contribution in [0.4, 0.5) is 5.69 Å². The molecule has 1 aliphatic heterocycles. The molecule has 0 fully saturated rings. The maximum absolute atomic E-state index is 5.20. The van der Waals surface area contributed by atoms with Crippen molar-refractivity contribution in [2.24, 2.45) is 0 Å². The number of methoxy groups -OCH3 is 1. The Morgan fingerprint density at radius 2 is 2.05 bits per heavy atom. The first kappa shape index (κ1) is 14.6. The van der Waals surface area contributed by atoms with Crippen molar-refractivity contribution in [3.63, 3.8) is 0 Å². The number of nitrogens with zero attached hydrogens (tertiary/aromatic N) is 2. The topological polar surface area (TPSA) is 15.7 Å². The molecule has 0 radical (unpaired) electrons. The van der Waals surface area contributed by atoms with Gasteiger partial charge in [0, 0.05) is 30.0 Å². The molecule has 2 heterocycles. The van der Waals surface area contributed by atoms with Gasteiger partial charge in [-0.1, -0.05) is 18.2 Å². The van der Waals surface area contributed by atoms with Crippen LogP contribution in [0.5, 0.6) is 5.75 Å². The molecule has 1 aromatic carbocycles. The summed E-state index contributed by atoms with van der Waals surface area (Å²) in [4.78, 5) is 4.68. The summed E-state index contributed by atoms with van der Waals surface area (Å²) in [6.07, 6.45) is 4.37. The van der Waals surface area contributed by atoms with Gasteiger partial charge < -0.3 is 9.64 Å². The van der Waals surface area contributed by atoms with Crippen molar-refractivity contribution in [1.82, 2.24) is 4.90 Å². The van der Waals surface area contributed by atoms with E-state index < -0.39 is 0 Å². The number of halogens is 1. The third kappa shape index (κ3) is 3.48. The van der Waals surface area contributed by atoms with Gasteiger partial charge in [0.05, 0.1) is 23.9 Å². The molecule has 110 valence electrons. The third-order valence-electron chi connectivity index (χ3n) is 3.47. The van der Waals surface area contributed by atoms with E-state index in [-0.39, 0.29) is 0 Å². The summed E-state index contributed by atoms with van der Waals surface area (Å²) in [5, 5.41) is 4.29. The van der Waals surface area contributed by atoms with E-state index in [0.29, 0.717) is 0 Å². The lowest BCUT2D eigenvalue weighted by Gasteiger charge is -2.32. The lowest BCUT2D eigenvalue weighted by Crippen LogP contribution is -2.38. The maximum atomic E-state index is 5.20. The Kier molecular flexibility index (Phi) is 4.63. The molecular formula is C16H17BrN2OS. The number of benzene rings is 1. The summed E-state index contributed by atoms with van der Waals surface area (Å²) >= 11 is 5.32. The van der Waals surface area contributed by atoms with Crippen molar-refractivity contribution in [3.05, 3.63) is 57.3 Å². The van der Waals surface area contributed by atoms with Crippen LogP contribution in [0.25, 0.3) is 0 Å². The van der Waals surface area contributed by atoms with Gasteiger partial charge in [0.1, 0.15) is 5.75 Å². The molecule has 0 aliphatic carbocycles. The quantitative estimate of drug-likeness (QED) is 0.803. The molecule has 0 spiro atoms. The fraction of sp³-hybridized carbons (Fsp3) is 0.250. The Balaban J connectivity index is 1.67. The third-order valence-corrected chi connectivity index (χ3v) is 5.14. The Hall–Kier alpha value is -1.30. The van der Waals surface area contributed by atoms with Crippen molar-refractivity contribution in [2.75, 3.05) is 25.2 Å². The van der Waals surface area contributed by atoms with E-state index in [4.69, 9.17) is 4.74 Å². The van der Waals surface area contributed by atoms with Crippen LogP contribution < -0.4 is 9.64 Å². The molecule has 1 aromatic heterocycles. The second kappa shape index (κ2) is 6.64. The molecule has 5 heteroatoms. The molecule has 1 aliphatic rings. The summed E-state index contributed by atoms with van der Waals surface area (Å²) in [5.74, 6) is 0.904. The Morgan fingerprint density at radius 1 is 1.24 bits per heavy atom. The molecule has 0 N–H and O–H groups in total. The highest BCUT2D eigenvalue weighted by molar-refractivity contribution is 9.10. The number of hydrogen-bond acceptors (Lipinski definition) is 4. The van der Waals surface area contributed by atoms with Gasteiger partial charge in [-0.05, 0) is 33.6 Å². The Bertz CT molecular complexity index is 623. The van der Waals surface area contributed by atoms with Crippen LogP contribution >= 0.6 is 27.3 Å². The summed E-state index contributed by atoms with van der Waals surface area (Å²) < 4.78 is 6.36. The number of ether oxygens (including phenoxy) is 1. The molecule has 0 atom stereocenters. The SMILES string of the molecule is COc1ccc(CN2CC=CN(c3cscc3Br)C2)cc1. The zero-order valence-corrected chi connectivity index (χ0v) is 14.2. The van der Waals surface area contributed by atoms with Gasteiger partial charge in [0.2, 0.25) is 0 Å². The van der Waals surface area contributed by atoms with Crippen LogP contribution in [0.15, 0.2) is 51.8 Å². The smallest absolute Gasteiger partial charge is 0.118 e. The highest BCUT2D eigenvalue weighted by Gasteiger charge is 2.16. The zero-order valence-electron chi connectivity index (χ0n) is 11.8. The van der Waals surface area contributed by atoms with Crippen molar-refractivity contribution in [2.45, 2.75) is 6.54 Å². The predicted octanol–water partition coefficient (Wildman–Crippen LogP) is 4.31. The minimum Gasteiger partial charge on any atom is -0.497 e. The van der Waals surface area contributed by atoms with E-state index in [9.17, 15) is 0 Å². The lowest BCUT2D eigenvalue weighted by molar-refractivity contribution is 0.291. The molecule has 0 amide bonds. The van der Waals surface area contributed by atoms with Crippen LogP contribution in [0.1, 0.15) is 5.56 Å². The van der Waals surface area contributed by atoms with Gasteiger partial charge in [0.15, 0.2) is 0 Å². The maximum Gasteiger partial charge on any atom is 0.118 e. The first-order chi connectivity index (χ1) is 10.3. The molecular weight excluding hydrogens is 348 g/mol. The average molecular weight is 365 g/mol. The number of hydrogen-bond donors (Lipinski definition) is 0. The fourth-order valence-corrected chi connectivity index (χ4v) is 3.90. The van der Waals surface area contributed by atoms with Crippen molar-refractivity contribution in [1.29, 1.82) is 0 Å². The summed E-state index contributed by atoms with van der Waals surface area (Å²) in [6, 6.07) is 8.29. The molecule has 3 rings (SSSR count). The second-order valence-corrected chi connectivity index (χ2v) is 6.56. The number of rotatable bonds is 4. The summed E-state index contributed by atoms with van der Waals surface area (Å²) in [7, 11) is 1.70. The molecule has 0 unspecified atom stereocenters. The molecule has 2 aromatic rings. The zero-order chi connectivity index (χ0) is 14.7. The number of thiophene rings is 1. The van der Waals surface area contributed by atoms with E-state index in [1.54, 1.807) is 18.4 Å². The highest BCUT2D eigenvalue weighted by atomic mass is 79.9. The van der Waals surface area contributed by atoms with Gasteiger partial charge in [-0.15, -0.1) is 11.3 Å². The molecule has 3 nitrogen and oxygen atoms in total. The normalized spacial score (nSPS) is 15.4. The van der Waals surface area contributed by atoms with Crippen LogP contribution in [-0.4, -0.2) is 25.2 Å². The van der Waals surface area contributed by atoms with E-state index >= 15 is 0 Å². The molecule has 0 bridgehead atoms. The monoisotopic (exact) mass is 364 g/mol. The molecule has 21 heavy (non-hydrogen) atoms. The van der Waals surface area contributed by atoms with Crippen molar-refractivity contribution < 1.29 is 4.74 Å². The first-order valence-electron chi connectivity index (χ1n) is 6.76. The predicted molar refractivity (Wildman–Crippen MR) is 91.9 cm³/mol.